The van der Waals surface area contributed by atoms with Crippen LogP contribution in [0.25, 0.3) is 28.3 Å². The van der Waals surface area contributed by atoms with E-state index in [1.807, 2.05) is 36.4 Å². The Kier molecular flexibility index (Phi) is 6.02. The van der Waals surface area contributed by atoms with Gasteiger partial charge in [0, 0.05) is 42.7 Å². The minimum atomic E-state index is -0.536. The molecular formula is C28H24FN7O. The third-order valence-corrected chi connectivity index (χ3v) is 6.50. The number of hydrogen-bond donors (Lipinski definition) is 1. The van der Waals surface area contributed by atoms with Crippen LogP contribution >= 0.6 is 0 Å². The summed E-state index contributed by atoms with van der Waals surface area (Å²) in [6.07, 6.45) is 9.09. The summed E-state index contributed by atoms with van der Waals surface area (Å²) in [7, 11) is 0. The van der Waals surface area contributed by atoms with Gasteiger partial charge >= 0.3 is 0 Å². The number of carbonyl (C=O) groups excluding carboxylic acids is 1. The highest BCUT2D eigenvalue weighted by Gasteiger charge is 2.22. The fourth-order valence-corrected chi connectivity index (χ4v) is 4.62. The molecule has 37 heavy (non-hydrogen) atoms. The molecule has 1 amide bonds. The molecule has 0 spiro atoms. The Morgan fingerprint density at radius 1 is 0.946 bits per heavy atom. The van der Waals surface area contributed by atoms with Crippen molar-refractivity contribution in [2.45, 2.75) is 32.2 Å². The minimum absolute atomic E-state index is 0.0677. The third-order valence-electron chi connectivity index (χ3n) is 6.50. The molecule has 0 fully saturated rings. The Labute approximate surface area is 212 Å². The minimum Gasteiger partial charge on any atom is -0.319 e. The molecule has 6 rings (SSSR count). The van der Waals surface area contributed by atoms with Crippen LogP contribution in [0.3, 0.4) is 0 Å². The van der Waals surface area contributed by atoms with Crippen LogP contribution in [-0.4, -0.2) is 35.4 Å². The van der Waals surface area contributed by atoms with Gasteiger partial charge in [0.25, 0.3) is 5.91 Å². The van der Waals surface area contributed by atoms with Gasteiger partial charge in [0.2, 0.25) is 0 Å². The van der Waals surface area contributed by atoms with Crippen molar-refractivity contribution in [3.05, 3.63) is 96.5 Å². The standard InChI is InChI=1S/C28H24FN7O/c29-23-13-12-19(27-33-32-25-11-5-2-6-15-35(25)27)16-24(23)31-28(37)22-18-36(21-9-3-1-4-10-21)34-26(22)20-8-7-14-30-17-20/h1,3-4,7-10,12-14,16-18H,2,5-6,11,15H2,(H,31,37). The van der Waals surface area contributed by atoms with Crippen LogP contribution in [0, 0.1) is 5.82 Å². The molecule has 1 aliphatic heterocycles. The monoisotopic (exact) mass is 493 g/mol. The SMILES string of the molecule is O=C(Nc1cc(-c2nnc3n2CCCCC3)ccc1F)c1cn(-c2ccccc2)nc1-c1cccnc1. The molecule has 1 aliphatic rings. The van der Waals surface area contributed by atoms with Crippen molar-refractivity contribution in [2.24, 2.45) is 0 Å². The number of benzene rings is 2. The number of pyridine rings is 1. The second-order valence-corrected chi connectivity index (χ2v) is 8.96. The van der Waals surface area contributed by atoms with Crippen molar-refractivity contribution in [1.29, 1.82) is 0 Å². The molecule has 4 heterocycles. The van der Waals surface area contributed by atoms with E-state index in [0.29, 0.717) is 28.2 Å². The van der Waals surface area contributed by atoms with Gasteiger partial charge in [-0.15, -0.1) is 10.2 Å². The fourth-order valence-electron chi connectivity index (χ4n) is 4.62. The van der Waals surface area contributed by atoms with Gasteiger partial charge in [0.1, 0.15) is 17.3 Å². The first-order valence-electron chi connectivity index (χ1n) is 12.3. The van der Waals surface area contributed by atoms with Gasteiger partial charge in [-0.3, -0.25) is 9.78 Å². The van der Waals surface area contributed by atoms with Crippen molar-refractivity contribution in [2.75, 3.05) is 5.32 Å². The van der Waals surface area contributed by atoms with Crippen molar-refractivity contribution in [1.82, 2.24) is 29.5 Å². The molecule has 0 bridgehead atoms. The lowest BCUT2D eigenvalue weighted by molar-refractivity contribution is 0.102. The second kappa shape index (κ2) is 9.77. The van der Waals surface area contributed by atoms with Crippen LogP contribution < -0.4 is 5.32 Å². The smallest absolute Gasteiger partial charge is 0.259 e. The van der Waals surface area contributed by atoms with E-state index < -0.39 is 11.7 Å². The molecular weight excluding hydrogens is 469 g/mol. The lowest BCUT2D eigenvalue weighted by Gasteiger charge is -2.10. The van der Waals surface area contributed by atoms with Gasteiger partial charge in [-0.1, -0.05) is 24.6 Å². The summed E-state index contributed by atoms with van der Waals surface area (Å²) in [6, 6.07) is 17.7. The first-order valence-corrected chi connectivity index (χ1v) is 12.3. The molecule has 2 aromatic carbocycles. The zero-order valence-electron chi connectivity index (χ0n) is 20.0. The van der Waals surface area contributed by atoms with Gasteiger partial charge < -0.3 is 9.88 Å². The van der Waals surface area contributed by atoms with Gasteiger partial charge in [-0.2, -0.15) is 5.10 Å². The number of fused-ring (bicyclic) bond motifs is 1. The third kappa shape index (κ3) is 4.51. The summed E-state index contributed by atoms with van der Waals surface area (Å²) in [5.41, 5.74) is 3.00. The topological polar surface area (TPSA) is 90.5 Å². The lowest BCUT2D eigenvalue weighted by Crippen LogP contribution is -2.14. The Hall–Kier alpha value is -4.66. The quantitative estimate of drug-likeness (QED) is 0.358. The molecule has 0 saturated heterocycles. The van der Waals surface area contributed by atoms with Gasteiger partial charge in [0.15, 0.2) is 5.82 Å². The highest BCUT2D eigenvalue weighted by atomic mass is 19.1. The van der Waals surface area contributed by atoms with E-state index in [1.165, 1.54) is 6.07 Å². The van der Waals surface area contributed by atoms with E-state index >= 15 is 0 Å². The van der Waals surface area contributed by atoms with E-state index in [-0.39, 0.29) is 5.69 Å². The first kappa shape index (κ1) is 22.8. The maximum atomic E-state index is 14.9. The molecule has 0 unspecified atom stereocenters. The van der Waals surface area contributed by atoms with Gasteiger partial charge in [-0.25, -0.2) is 9.07 Å². The summed E-state index contributed by atoms with van der Waals surface area (Å²) in [5.74, 6) is 0.612. The van der Waals surface area contributed by atoms with E-state index in [9.17, 15) is 9.18 Å². The average Bonchev–Trinajstić information content (AvgIpc) is 3.49. The van der Waals surface area contributed by atoms with Crippen LogP contribution in [0.1, 0.15) is 35.4 Å². The lowest BCUT2D eigenvalue weighted by atomic mass is 10.1. The van der Waals surface area contributed by atoms with Crippen molar-refractivity contribution in [3.8, 4) is 28.3 Å². The van der Waals surface area contributed by atoms with Crippen LogP contribution in [0.4, 0.5) is 10.1 Å². The molecule has 8 nitrogen and oxygen atoms in total. The number of aromatic nitrogens is 6. The fraction of sp³-hybridized carbons (Fsp3) is 0.179. The molecule has 0 atom stereocenters. The number of aryl methyl sites for hydroxylation is 1. The molecule has 3 aromatic heterocycles. The Balaban J connectivity index is 1.36. The van der Waals surface area contributed by atoms with Crippen LogP contribution in [-0.2, 0) is 13.0 Å². The van der Waals surface area contributed by atoms with Gasteiger partial charge in [0.05, 0.1) is 16.9 Å². The Bertz CT molecular complexity index is 1560. The number of nitrogens with zero attached hydrogens (tertiary/aromatic N) is 6. The van der Waals surface area contributed by atoms with Gasteiger partial charge in [-0.05, 0) is 55.3 Å². The largest absolute Gasteiger partial charge is 0.319 e. The number of anilines is 1. The molecule has 9 heteroatoms. The van der Waals surface area contributed by atoms with E-state index in [0.717, 1.165) is 43.7 Å². The molecule has 0 radical (unpaired) electrons. The number of hydrogen-bond acceptors (Lipinski definition) is 5. The highest BCUT2D eigenvalue weighted by Crippen LogP contribution is 2.28. The molecule has 0 saturated carbocycles. The van der Waals surface area contributed by atoms with Crippen molar-refractivity contribution >= 4 is 11.6 Å². The summed E-state index contributed by atoms with van der Waals surface area (Å²) in [4.78, 5) is 17.7. The van der Waals surface area contributed by atoms with Crippen LogP contribution in [0.2, 0.25) is 0 Å². The summed E-state index contributed by atoms with van der Waals surface area (Å²) < 4.78 is 18.6. The van der Waals surface area contributed by atoms with E-state index in [2.05, 4.69) is 30.2 Å². The first-order chi connectivity index (χ1) is 18.2. The normalized spacial score (nSPS) is 13.1. The number of amides is 1. The number of rotatable bonds is 5. The number of nitrogens with one attached hydrogen (secondary N) is 1. The average molecular weight is 494 g/mol. The number of carbonyl (C=O) groups is 1. The highest BCUT2D eigenvalue weighted by molar-refractivity contribution is 6.08. The zero-order chi connectivity index (χ0) is 25.2. The van der Waals surface area contributed by atoms with E-state index in [1.54, 1.807) is 41.5 Å². The van der Waals surface area contributed by atoms with Crippen molar-refractivity contribution < 1.29 is 9.18 Å². The predicted molar refractivity (Wildman–Crippen MR) is 138 cm³/mol. The van der Waals surface area contributed by atoms with Crippen LogP contribution in [0.5, 0.6) is 0 Å². The summed E-state index contributed by atoms with van der Waals surface area (Å²) >= 11 is 0. The molecule has 5 aromatic rings. The molecule has 1 N–H and O–H groups in total. The Morgan fingerprint density at radius 2 is 1.84 bits per heavy atom. The molecule has 184 valence electrons. The maximum absolute atomic E-state index is 14.9. The Morgan fingerprint density at radius 3 is 2.68 bits per heavy atom. The summed E-state index contributed by atoms with van der Waals surface area (Å²) in [5, 5.41) is 16.1. The number of para-hydroxylation sites is 1. The van der Waals surface area contributed by atoms with E-state index in [4.69, 9.17) is 0 Å². The summed E-state index contributed by atoms with van der Waals surface area (Å²) in [6.45, 7) is 0.823. The maximum Gasteiger partial charge on any atom is 0.259 e. The van der Waals surface area contributed by atoms with Crippen LogP contribution in [0.15, 0.2) is 79.3 Å². The second-order valence-electron chi connectivity index (χ2n) is 8.96. The predicted octanol–water partition coefficient (Wildman–Crippen LogP) is 5.31. The number of halogens is 1. The van der Waals surface area contributed by atoms with Crippen molar-refractivity contribution in [3.63, 3.8) is 0 Å². The zero-order valence-corrected chi connectivity index (χ0v) is 20.0. The molecule has 0 aliphatic carbocycles.